The number of nitrogens with zero attached hydrogens (tertiary/aromatic N) is 2. The Balaban J connectivity index is 1.87. The number of halogens is 1. The zero-order chi connectivity index (χ0) is 14.2. The normalized spacial score (nSPS) is 15.6. The topological polar surface area (TPSA) is 44.2 Å². The van der Waals surface area contributed by atoms with Gasteiger partial charge in [-0.1, -0.05) is 28.1 Å². The molecule has 0 radical (unpaired) electrons. The van der Waals surface area contributed by atoms with Crippen molar-refractivity contribution >= 4 is 15.9 Å². The molecule has 0 atom stereocenters. The van der Waals surface area contributed by atoms with E-state index in [-0.39, 0.29) is 5.60 Å². The fourth-order valence-electron chi connectivity index (χ4n) is 2.23. The van der Waals surface area contributed by atoms with E-state index >= 15 is 0 Å². The van der Waals surface area contributed by atoms with E-state index in [0.717, 1.165) is 28.6 Å². The van der Waals surface area contributed by atoms with Gasteiger partial charge in [0.2, 0.25) is 0 Å². The highest BCUT2D eigenvalue weighted by Gasteiger charge is 2.32. The first-order chi connectivity index (χ1) is 9.57. The number of rotatable bonds is 3. The van der Waals surface area contributed by atoms with Crippen LogP contribution in [-0.2, 0) is 11.8 Å². The third-order valence-electron chi connectivity index (χ3n) is 3.09. The average molecular weight is 335 g/mol. The minimum Gasteiger partial charge on any atom is -0.483 e. The van der Waals surface area contributed by atoms with Gasteiger partial charge in [0.05, 0.1) is 0 Å². The minimum absolute atomic E-state index is 0.192. The molecule has 5 heteroatoms. The molecule has 4 nitrogen and oxygen atoms in total. The van der Waals surface area contributed by atoms with Crippen molar-refractivity contribution in [2.45, 2.75) is 31.2 Å². The molecule has 2 heterocycles. The quantitative estimate of drug-likeness (QED) is 0.799. The van der Waals surface area contributed by atoms with Gasteiger partial charge in [0.25, 0.3) is 0 Å². The van der Waals surface area contributed by atoms with Crippen molar-refractivity contribution in [2.24, 2.45) is 0 Å². The van der Waals surface area contributed by atoms with Crippen LogP contribution < -0.4 is 9.47 Å². The molecule has 0 bridgehead atoms. The number of hydrogen-bond acceptors (Lipinski definition) is 4. The SMILES string of the molecule is CC1(C)Cc2cccc(Oc3ncc(CBr)cn3)c2O1. The van der Waals surface area contributed by atoms with Crippen molar-refractivity contribution in [3.8, 4) is 17.5 Å². The van der Waals surface area contributed by atoms with Crippen LogP contribution in [0.2, 0.25) is 0 Å². The van der Waals surface area contributed by atoms with Crippen LogP contribution in [0.25, 0.3) is 0 Å². The van der Waals surface area contributed by atoms with Gasteiger partial charge in [0, 0.05) is 29.7 Å². The van der Waals surface area contributed by atoms with Gasteiger partial charge in [0.1, 0.15) is 5.60 Å². The smallest absolute Gasteiger partial charge is 0.322 e. The summed E-state index contributed by atoms with van der Waals surface area (Å²) in [5.41, 5.74) is 1.97. The molecule has 1 aromatic heterocycles. The molecule has 0 spiro atoms. The Bertz CT molecular complexity index is 626. The van der Waals surface area contributed by atoms with Crippen molar-refractivity contribution < 1.29 is 9.47 Å². The zero-order valence-corrected chi connectivity index (χ0v) is 13.0. The Kier molecular flexibility index (Phi) is 3.38. The molecule has 0 saturated heterocycles. The first kappa shape index (κ1) is 13.4. The maximum Gasteiger partial charge on any atom is 0.322 e. The Morgan fingerprint density at radius 3 is 2.75 bits per heavy atom. The fourth-order valence-corrected chi connectivity index (χ4v) is 2.52. The predicted octanol–water partition coefficient (Wildman–Crippen LogP) is 3.88. The third kappa shape index (κ3) is 2.63. The van der Waals surface area contributed by atoms with Crippen LogP contribution in [0.4, 0.5) is 0 Å². The van der Waals surface area contributed by atoms with Crippen molar-refractivity contribution in [2.75, 3.05) is 0 Å². The Hall–Kier alpha value is -1.62. The van der Waals surface area contributed by atoms with E-state index in [1.807, 2.05) is 12.1 Å². The summed E-state index contributed by atoms with van der Waals surface area (Å²) in [6.07, 6.45) is 4.36. The molecule has 1 aliphatic heterocycles. The number of hydrogen-bond donors (Lipinski definition) is 0. The number of alkyl halides is 1. The Morgan fingerprint density at radius 1 is 1.30 bits per heavy atom. The molecule has 0 N–H and O–H groups in total. The van der Waals surface area contributed by atoms with Gasteiger partial charge < -0.3 is 9.47 Å². The highest BCUT2D eigenvalue weighted by Crippen LogP contribution is 2.42. The van der Waals surface area contributed by atoms with Crippen LogP contribution >= 0.6 is 15.9 Å². The van der Waals surface area contributed by atoms with E-state index in [0.29, 0.717) is 11.8 Å². The number of fused-ring (bicyclic) bond motifs is 1. The lowest BCUT2D eigenvalue weighted by molar-refractivity contribution is 0.134. The molecule has 0 fully saturated rings. The molecular weight excluding hydrogens is 320 g/mol. The van der Waals surface area contributed by atoms with Crippen LogP contribution in [0.15, 0.2) is 30.6 Å². The van der Waals surface area contributed by atoms with Crippen LogP contribution in [0, 0.1) is 0 Å². The van der Waals surface area contributed by atoms with Gasteiger partial charge in [-0.15, -0.1) is 0 Å². The van der Waals surface area contributed by atoms with Crippen molar-refractivity contribution in [3.05, 3.63) is 41.7 Å². The second-order valence-corrected chi connectivity index (χ2v) is 5.95. The Morgan fingerprint density at radius 2 is 2.05 bits per heavy atom. The molecule has 3 rings (SSSR count). The highest BCUT2D eigenvalue weighted by molar-refractivity contribution is 9.08. The van der Waals surface area contributed by atoms with Gasteiger partial charge in [-0.05, 0) is 25.5 Å². The number of aromatic nitrogens is 2. The summed E-state index contributed by atoms with van der Waals surface area (Å²) in [5, 5.41) is 0.727. The molecule has 0 amide bonds. The van der Waals surface area contributed by atoms with E-state index in [4.69, 9.17) is 9.47 Å². The zero-order valence-electron chi connectivity index (χ0n) is 11.4. The van der Waals surface area contributed by atoms with Crippen molar-refractivity contribution in [1.82, 2.24) is 9.97 Å². The monoisotopic (exact) mass is 334 g/mol. The third-order valence-corrected chi connectivity index (χ3v) is 3.74. The molecular formula is C15H15BrN2O2. The summed E-state index contributed by atoms with van der Waals surface area (Å²) in [5.74, 6) is 1.46. The van der Waals surface area contributed by atoms with Gasteiger partial charge in [-0.3, -0.25) is 0 Å². The number of para-hydroxylation sites is 1. The van der Waals surface area contributed by atoms with Crippen LogP contribution in [0.1, 0.15) is 25.0 Å². The second kappa shape index (κ2) is 5.05. The van der Waals surface area contributed by atoms with Crippen molar-refractivity contribution in [3.63, 3.8) is 0 Å². The average Bonchev–Trinajstić information content (AvgIpc) is 2.75. The standard InChI is InChI=1S/C15H15BrN2O2/c1-15(2)6-11-4-3-5-12(13(11)20-15)19-14-17-8-10(7-16)9-18-14/h3-5,8-9H,6-7H2,1-2H3. The van der Waals surface area contributed by atoms with Crippen LogP contribution in [0.3, 0.4) is 0 Å². The summed E-state index contributed by atoms with van der Waals surface area (Å²) >= 11 is 3.36. The Labute approximate surface area is 126 Å². The molecule has 1 aliphatic rings. The van der Waals surface area contributed by atoms with Gasteiger partial charge in [-0.25, -0.2) is 9.97 Å². The maximum absolute atomic E-state index is 5.95. The van der Waals surface area contributed by atoms with Crippen LogP contribution in [0.5, 0.6) is 17.5 Å². The number of ether oxygens (including phenoxy) is 2. The molecule has 104 valence electrons. The van der Waals surface area contributed by atoms with E-state index < -0.39 is 0 Å². The minimum atomic E-state index is -0.192. The van der Waals surface area contributed by atoms with Gasteiger partial charge >= 0.3 is 6.01 Å². The van der Waals surface area contributed by atoms with E-state index in [1.165, 1.54) is 0 Å². The second-order valence-electron chi connectivity index (χ2n) is 5.39. The lowest BCUT2D eigenvalue weighted by atomic mass is 10.0. The van der Waals surface area contributed by atoms with E-state index in [9.17, 15) is 0 Å². The molecule has 0 aliphatic carbocycles. The lowest BCUT2D eigenvalue weighted by Gasteiger charge is -2.17. The van der Waals surface area contributed by atoms with E-state index in [2.05, 4.69) is 45.8 Å². The van der Waals surface area contributed by atoms with Crippen LogP contribution in [-0.4, -0.2) is 15.6 Å². The van der Waals surface area contributed by atoms with Gasteiger partial charge in [0.15, 0.2) is 11.5 Å². The highest BCUT2D eigenvalue weighted by atomic mass is 79.9. The molecule has 2 aromatic rings. The fraction of sp³-hybridized carbons (Fsp3) is 0.333. The summed E-state index contributed by atoms with van der Waals surface area (Å²) in [7, 11) is 0. The molecule has 1 aromatic carbocycles. The summed E-state index contributed by atoms with van der Waals surface area (Å²) < 4.78 is 11.7. The molecule has 0 unspecified atom stereocenters. The van der Waals surface area contributed by atoms with E-state index in [1.54, 1.807) is 12.4 Å². The lowest BCUT2D eigenvalue weighted by Crippen LogP contribution is -2.24. The molecule has 20 heavy (non-hydrogen) atoms. The van der Waals surface area contributed by atoms with Gasteiger partial charge in [-0.2, -0.15) is 0 Å². The summed E-state index contributed by atoms with van der Waals surface area (Å²) in [6.45, 7) is 4.14. The first-order valence-corrected chi connectivity index (χ1v) is 7.55. The summed E-state index contributed by atoms with van der Waals surface area (Å²) in [6, 6.07) is 6.23. The largest absolute Gasteiger partial charge is 0.483 e. The molecule has 0 saturated carbocycles. The summed E-state index contributed by atoms with van der Waals surface area (Å²) in [4.78, 5) is 8.38. The van der Waals surface area contributed by atoms with Crippen molar-refractivity contribution in [1.29, 1.82) is 0 Å². The predicted molar refractivity (Wildman–Crippen MR) is 79.6 cm³/mol. The number of benzene rings is 1. The maximum atomic E-state index is 5.95. The first-order valence-electron chi connectivity index (χ1n) is 6.43.